The molecule has 1 aromatic heterocycles. The van der Waals surface area contributed by atoms with E-state index in [4.69, 9.17) is 11.5 Å². The van der Waals surface area contributed by atoms with Gasteiger partial charge in [-0.25, -0.2) is 4.98 Å². The van der Waals surface area contributed by atoms with E-state index in [-0.39, 0.29) is 17.9 Å². The molecule has 0 saturated heterocycles. The third-order valence-electron chi connectivity index (χ3n) is 2.68. The van der Waals surface area contributed by atoms with Gasteiger partial charge in [-0.2, -0.15) is 4.98 Å². The number of anilines is 2. The van der Waals surface area contributed by atoms with Gasteiger partial charge < -0.3 is 16.4 Å². The predicted octanol–water partition coefficient (Wildman–Crippen LogP) is 0.0641. The van der Waals surface area contributed by atoms with Crippen LogP contribution in [0.5, 0.6) is 0 Å². The van der Waals surface area contributed by atoms with Crippen molar-refractivity contribution in [3.63, 3.8) is 0 Å². The van der Waals surface area contributed by atoms with Crippen LogP contribution in [0.1, 0.15) is 31.1 Å². The highest BCUT2D eigenvalue weighted by Gasteiger charge is 2.32. The van der Waals surface area contributed by atoms with Gasteiger partial charge in [0.05, 0.1) is 18.3 Å². The molecule has 0 spiro atoms. The number of nitrogens with zero attached hydrogens (tertiary/aromatic N) is 3. The molecular weight excluding hydrogens is 194 g/mol. The van der Waals surface area contributed by atoms with Gasteiger partial charge in [-0.1, -0.05) is 0 Å². The normalized spacial score (nSPS) is 19.1. The number of fused-ring (bicyclic) bond motifs is 1. The first-order valence-electron chi connectivity index (χ1n) is 4.69. The second kappa shape index (κ2) is 3.08. The Bertz CT molecular complexity index is 431. The number of amides is 1. The van der Waals surface area contributed by atoms with Crippen molar-refractivity contribution in [3.8, 4) is 0 Å². The summed E-state index contributed by atoms with van der Waals surface area (Å²) in [6.45, 7) is 3.90. The fourth-order valence-electron chi connectivity index (χ4n) is 1.88. The lowest BCUT2D eigenvalue weighted by atomic mass is 10.2. The molecule has 0 saturated carbocycles. The van der Waals surface area contributed by atoms with Crippen LogP contribution in [0.4, 0.5) is 11.8 Å². The average Bonchev–Trinajstić information content (AvgIpc) is 2.44. The second-order valence-corrected chi connectivity index (χ2v) is 3.65. The topological polar surface area (TPSA) is 98.1 Å². The molecule has 6 heteroatoms. The van der Waals surface area contributed by atoms with E-state index in [0.717, 1.165) is 11.3 Å². The van der Waals surface area contributed by atoms with Gasteiger partial charge in [-0.3, -0.25) is 4.79 Å². The Morgan fingerprint density at radius 2 is 2.13 bits per heavy atom. The van der Waals surface area contributed by atoms with Crippen LogP contribution in [0.2, 0.25) is 0 Å². The van der Waals surface area contributed by atoms with Gasteiger partial charge in [0.2, 0.25) is 11.9 Å². The van der Waals surface area contributed by atoms with E-state index in [1.807, 2.05) is 6.92 Å². The molecule has 1 aliphatic heterocycles. The SMILES string of the molecule is CC(=O)N1Cc2c(N)nc(N)nc2[C@@H]1C. The Kier molecular flexibility index (Phi) is 1.99. The maximum atomic E-state index is 11.3. The first-order chi connectivity index (χ1) is 7.00. The summed E-state index contributed by atoms with van der Waals surface area (Å²) >= 11 is 0. The molecule has 2 rings (SSSR count). The van der Waals surface area contributed by atoms with Crippen LogP contribution in [-0.2, 0) is 11.3 Å². The molecule has 0 bridgehead atoms. The maximum Gasteiger partial charge on any atom is 0.222 e. The highest BCUT2D eigenvalue weighted by molar-refractivity contribution is 5.75. The van der Waals surface area contributed by atoms with E-state index in [0.29, 0.717) is 12.4 Å². The predicted molar refractivity (Wildman–Crippen MR) is 55.5 cm³/mol. The van der Waals surface area contributed by atoms with Crippen molar-refractivity contribution in [2.75, 3.05) is 11.5 Å². The molecule has 1 aliphatic rings. The molecule has 80 valence electrons. The number of carbonyl (C=O) groups is 1. The molecule has 0 aliphatic carbocycles. The summed E-state index contributed by atoms with van der Waals surface area (Å²) in [6.07, 6.45) is 0. The van der Waals surface area contributed by atoms with Crippen molar-refractivity contribution in [2.45, 2.75) is 26.4 Å². The quantitative estimate of drug-likeness (QED) is 0.627. The average molecular weight is 207 g/mol. The summed E-state index contributed by atoms with van der Waals surface area (Å²) in [5.41, 5.74) is 12.8. The molecule has 0 aromatic carbocycles. The Hall–Kier alpha value is -1.85. The summed E-state index contributed by atoms with van der Waals surface area (Å²) in [7, 11) is 0. The summed E-state index contributed by atoms with van der Waals surface area (Å²) in [4.78, 5) is 21.0. The van der Waals surface area contributed by atoms with Crippen molar-refractivity contribution in [1.29, 1.82) is 0 Å². The molecular formula is C9H13N5O. The van der Waals surface area contributed by atoms with E-state index in [1.165, 1.54) is 6.92 Å². The molecule has 0 unspecified atom stereocenters. The van der Waals surface area contributed by atoms with E-state index < -0.39 is 0 Å². The minimum Gasteiger partial charge on any atom is -0.383 e. The van der Waals surface area contributed by atoms with Crippen LogP contribution in [0.3, 0.4) is 0 Å². The van der Waals surface area contributed by atoms with Crippen LogP contribution >= 0.6 is 0 Å². The van der Waals surface area contributed by atoms with Gasteiger partial charge in [0.25, 0.3) is 0 Å². The highest BCUT2D eigenvalue weighted by Crippen LogP contribution is 2.34. The first kappa shape index (κ1) is 9.70. The zero-order chi connectivity index (χ0) is 11.2. The van der Waals surface area contributed by atoms with Gasteiger partial charge >= 0.3 is 0 Å². The summed E-state index contributed by atoms with van der Waals surface area (Å²) in [5.74, 6) is 0.523. The van der Waals surface area contributed by atoms with Crippen LogP contribution in [-0.4, -0.2) is 20.8 Å². The van der Waals surface area contributed by atoms with E-state index in [9.17, 15) is 4.79 Å². The van der Waals surface area contributed by atoms with Crippen molar-refractivity contribution in [1.82, 2.24) is 14.9 Å². The van der Waals surface area contributed by atoms with Crippen LogP contribution < -0.4 is 11.5 Å². The summed E-state index contributed by atoms with van der Waals surface area (Å²) in [6, 6.07) is -0.0786. The standard InChI is InChI=1S/C9H13N5O/c1-4-7-6(3-14(4)5(2)15)8(10)13-9(11)12-7/h4H,3H2,1-2H3,(H4,10,11,12,13)/t4-/m0/s1. The lowest BCUT2D eigenvalue weighted by molar-refractivity contribution is -0.130. The number of carbonyl (C=O) groups excluding carboxylic acids is 1. The summed E-state index contributed by atoms with van der Waals surface area (Å²) < 4.78 is 0. The van der Waals surface area contributed by atoms with Crippen LogP contribution in [0.25, 0.3) is 0 Å². The van der Waals surface area contributed by atoms with E-state index in [2.05, 4.69) is 9.97 Å². The lowest BCUT2D eigenvalue weighted by Crippen LogP contribution is -2.25. The number of nitrogen functional groups attached to an aromatic ring is 2. The van der Waals surface area contributed by atoms with Crippen LogP contribution in [0, 0.1) is 0 Å². The zero-order valence-corrected chi connectivity index (χ0v) is 8.69. The number of hydrogen-bond donors (Lipinski definition) is 2. The smallest absolute Gasteiger partial charge is 0.222 e. The van der Waals surface area contributed by atoms with Gasteiger partial charge in [0.1, 0.15) is 5.82 Å². The van der Waals surface area contributed by atoms with Gasteiger partial charge in [-0.05, 0) is 6.92 Å². The molecule has 0 fully saturated rings. The minimum atomic E-state index is -0.0786. The number of hydrogen-bond acceptors (Lipinski definition) is 5. The van der Waals surface area contributed by atoms with Gasteiger partial charge in [0.15, 0.2) is 0 Å². The zero-order valence-electron chi connectivity index (χ0n) is 8.69. The molecule has 0 radical (unpaired) electrons. The molecule has 6 nitrogen and oxygen atoms in total. The third-order valence-corrected chi connectivity index (χ3v) is 2.68. The number of rotatable bonds is 0. The Morgan fingerprint density at radius 3 is 2.73 bits per heavy atom. The first-order valence-corrected chi connectivity index (χ1v) is 4.69. The number of nitrogens with two attached hydrogens (primary N) is 2. The lowest BCUT2D eigenvalue weighted by Gasteiger charge is -2.18. The fraction of sp³-hybridized carbons (Fsp3) is 0.444. The Labute approximate surface area is 87.3 Å². The Morgan fingerprint density at radius 1 is 1.47 bits per heavy atom. The van der Waals surface area contributed by atoms with E-state index in [1.54, 1.807) is 4.90 Å². The fourth-order valence-corrected chi connectivity index (χ4v) is 1.88. The Balaban J connectivity index is 2.49. The molecule has 1 atom stereocenters. The molecule has 1 aromatic rings. The largest absolute Gasteiger partial charge is 0.383 e. The highest BCUT2D eigenvalue weighted by atomic mass is 16.2. The van der Waals surface area contributed by atoms with Crippen molar-refractivity contribution >= 4 is 17.7 Å². The molecule has 2 heterocycles. The minimum absolute atomic E-state index is 0.00142. The van der Waals surface area contributed by atoms with Crippen molar-refractivity contribution < 1.29 is 4.79 Å². The summed E-state index contributed by atoms with van der Waals surface area (Å²) in [5, 5.41) is 0. The van der Waals surface area contributed by atoms with Gasteiger partial charge in [-0.15, -0.1) is 0 Å². The maximum absolute atomic E-state index is 11.3. The van der Waals surface area contributed by atoms with E-state index >= 15 is 0 Å². The third kappa shape index (κ3) is 1.38. The number of aromatic nitrogens is 2. The van der Waals surface area contributed by atoms with Crippen molar-refractivity contribution in [3.05, 3.63) is 11.3 Å². The second-order valence-electron chi connectivity index (χ2n) is 3.65. The van der Waals surface area contributed by atoms with Gasteiger partial charge in [0, 0.05) is 12.5 Å². The molecule has 15 heavy (non-hydrogen) atoms. The monoisotopic (exact) mass is 207 g/mol. The molecule has 4 N–H and O–H groups in total. The van der Waals surface area contributed by atoms with Crippen molar-refractivity contribution in [2.24, 2.45) is 0 Å². The molecule has 1 amide bonds. The van der Waals surface area contributed by atoms with Crippen LogP contribution in [0.15, 0.2) is 0 Å².